The average Bonchev–Trinajstić information content (AvgIpc) is 2.44. The first-order valence-electron chi connectivity index (χ1n) is 3.85. The predicted octanol–water partition coefficient (Wildman–Crippen LogP) is 0.355. The molecule has 0 radical (unpaired) electrons. The second-order valence-corrected chi connectivity index (χ2v) is 3.31. The maximum Gasteiger partial charge on any atom is 0.484 e. The highest BCUT2D eigenvalue weighted by molar-refractivity contribution is 6.51. The van der Waals surface area contributed by atoms with Gasteiger partial charge in [-0.15, -0.1) is 0 Å². The molecule has 0 aromatic heterocycles. The first-order chi connectivity index (χ1) is 4.77. The van der Waals surface area contributed by atoms with Gasteiger partial charge in [0.1, 0.15) is 0 Å². The van der Waals surface area contributed by atoms with Crippen molar-refractivity contribution in [3.05, 3.63) is 11.5 Å². The SMILES string of the molecule is OB(O)C1=C[C@@H]2CC[C@H]1C2. The molecule has 0 aliphatic heterocycles. The quantitative estimate of drug-likeness (QED) is 0.513. The molecule has 54 valence electrons. The van der Waals surface area contributed by atoms with E-state index in [1.807, 2.05) is 6.08 Å². The van der Waals surface area contributed by atoms with E-state index in [2.05, 4.69) is 0 Å². The molecule has 0 saturated heterocycles. The maximum atomic E-state index is 8.86. The van der Waals surface area contributed by atoms with Gasteiger partial charge in [-0.25, -0.2) is 0 Å². The van der Waals surface area contributed by atoms with Crippen LogP contribution in [0.5, 0.6) is 0 Å². The first kappa shape index (κ1) is 6.44. The van der Waals surface area contributed by atoms with E-state index in [1.54, 1.807) is 0 Å². The summed E-state index contributed by atoms with van der Waals surface area (Å²) in [7, 11) is -1.18. The third kappa shape index (κ3) is 0.813. The highest BCUT2D eigenvalue weighted by Crippen LogP contribution is 2.43. The van der Waals surface area contributed by atoms with E-state index in [4.69, 9.17) is 10.0 Å². The zero-order valence-electron chi connectivity index (χ0n) is 5.83. The Morgan fingerprint density at radius 3 is 2.50 bits per heavy atom. The van der Waals surface area contributed by atoms with Gasteiger partial charge >= 0.3 is 7.12 Å². The van der Waals surface area contributed by atoms with Crippen molar-refractivity contribution in [1.29, 1.82) is 0 Å². The Morgan fingerprint density at radius 2 is 2.20 bits per heavy atom. The fourth-order valence-corrected chi connectivity index (χ4v) is 2.18. The molecule has 0 amide bonds. The van der Waals surface area contributed by atoms with Crippen molar-refractivity contribution in [3.63, 3.8) is 0 Å². The molecule has 0 aromatic carbocycles. The van der Waals surface area contributed by atoms with Gasteiger partial charge in [0.2, 0.25) is 0 Å². The lowest BCUT2D eigenvalue weighted by molar-refractivity contribution is 0.409. The van der Waals surface area contributed by atoms with Gasteiger partial charge < -0.3 is 10.0 Å². The lowest BCUT2D eigenvalue weighted by Gasteiger charge is -2.10. The van der Waals surface area contributed by atoms with Gasteiger partial charge in [0, 0.05) is 0 Å². The monoisotopic (exact) mass is 138 g/mol. The minimum atomic E-state index is -1.18. The average molecular weight is 138 g/mol. The molecular formula is C7H11BO2. The van der Waals surface area contributed by atoms with Crippen molar-refractivity contribution < 1.29 is 10.0 Å². The van der Waals surface area contributed by atoms with E-state index in [0.717, 1.165) is 18.3 Å². The summed E-state index contributed by atoms with van der Waals surface area (Å²) in [5, 5.41) is 17.7. The normalized spacial score (nSPS) is 36.4. The standard InChI is InChI=1S/C7H11BO2/c9-8(10)7-4-5-1-2-6(7)3-5/h4-6,9-10H,1-3H2/t5-,6+/m1/s1. The van der Waals surface area contributed by atoms with E-state index < -0.39 is 7.12 Å². The lowest BCUT2D eigenvalue weighted by Crippen LogP contribution is -2.19. The van der Waals surface area contributed by atoms with E-state index in [-0.39, 0.29) is 0 Å². The van der Waals surface area contributed by atoms with Crippen LogP contribution in [0, 0.1) is 11.8 Å². The molecule has 10 heavy (non-hydrogen) atoms. The highest BCUT2D eigenvalue weighted by Gasteiger charge is 2.37. The number of hydrogen-bond donors (Lipinski definition) is 2. The molecule has 2 aliphatic carbocycles. The van der Waals surface area contributed by atoms with Gasteiger partial charge in [-0.3, -0.25) is 0 Å². The van der Waals surface area contributed by atoms with Crippen LogP contribution in [0.15, 0.2) is 11.5 Å². The topological polar surface area (TPSA) is 40.5 Å². The number of fused-ring (bicyclic) bond motifs is 2. The molecule has 2 nitrogen and oxygen atoms in total. The number of allylic oxidation sites excluding steroid dienone is 2. The van der Waals surface area contributed by atoms with E-state index in [0.29, 0.717) is 11.8 Å². The molecule has 3 heteroatoms. The largest absolute Gasteiger partial charge is 0.484 e. The lowest BCUT2D eigenvalue weighted by atomic mass is 9.72. The maximum absolute atomic E-state index is 8.86. The van der Waals surface area contributed by atoms with Crippen LogP contribution in [0.4, 0.5) is 0 Å². The summed E-state index contributed by atoms with van der Waals surface area (Å²) in [4.78, 5) is 0. The van der Waals surface area contributed by atoms with Crippen LogP contribution < -0.4 is 0 Å². The molecule has 0 aromatic rings. The van der Waals surface area contributed by atoms with Crippen molar-refractivity contribution in [2.45, 2.75) is 19.3 Å². The second-order valence-electron chi connectivity index (χ2n) is 3.31. The molecule has 2 aliphatic rings. The third-order valence-electron chi connectivity index (χ3n) is 2.67. The van der Waals surface area contributed by atoms with Crippen LogP contribution in [0.25, 0.3) is 0 Å². The van der Waals surface area contributed by atoms with Crippen molar-refractivity contribution in [2.75, 3.05) is 0 Å². The van der Waals surface area contributed by atoms with Gasteiger partial charge in [0.25, 0.3) is 0 Å². The third-order valence-corrected chi connectivity index (χ3v) is 2.67. The molecule has 0 spiro atoms. The molecule has 1 saturated carbocycles. The van der Waals surface area contributed by atoms with Crippen LogP contribution in [-0.4, -0.2) is 17.2 Å². The summed E-state index contributed by atoms with van der Waals surface area (Å²) in [5.74, 6) is 1.15. The Labute approximate surface area is 60.7 Å². The summed E-state index contributed by atoms with van der Waals surface area (Å²) in [6.45, 7) is 0. The van der Waals surface area contributed by atoms with E-state index in [1.165, 1.54) is 6.42 Å². The smallest absolute Gasteiger partial charge is 0.423 e. The Morgan fingerprint density at radius 1 is 1.40 bits per heavy atom. The van der Waals surface area contributed by atoms with E-state index in [9.17, 15) is 0 Å². The van der Waals surface area contributed by atoms with Crippen molar-refractivity contribution in [1.82, 2.24) is 0 Å². The van der Waals surface area contributed by atoms with E-state index >= 15 is 0 Å². The summed E-state index contributed by atoms with van der Waals surface area (Å²) in [5.41, 5.74) is 0.872. The second kappa shape index (κ2) is 2.11. The predicted molar refractivity (Wildman–Crippen MR) is 39.1 cm³/mol. The molecule has 2 rings (SSSR count). The summed E-state index contributed by atoms with van der Waals surface area (Å²) in [6, 6.07) is 0. The minimum absolute atomic E-state index is 0.491. The summed E-state index contributed by atoms with van der Waals surface area (Å²) >= 11 is 0. The molecule has 2 atom stereocenters. The summed E-state index contributed by atoms with van der Waals surface area (Å²) in [6.07, 6.45) is 5.61. The first-order valence-corrected chi connectivity index (χ1v) is 3.85. The van der Waals surface area contributed by atoms with Crippen LogP contribution in [0.1, 0.15) is 19.3 Å². The fraction of sp³-hybridized carbons (Fsp3) is 0.714. The zero-order chi connectivity index (χ0) is 7.14. The highest BCUT2D eigenvalue weighted by atomic mass is 16.4. The Balaban J connectivity index is 2.17. The molecule has 2 N–H and O–H groups in total. The van der Waals surface area contributed by atoms with Crippen LogP contribution >= 0.6 is 0 Å². The van der Waals surface area contributed by atoms with Crippen molar-refractivity contribution in [3.8, 4) is 0 Å². The Kier molecular flexibility index (Phi) is 1.36. The molecule has 1 fully saturated rings. The van der Waals surface area contributed by atoms with Crippen molar-refractivity contribution >= 4 is 7.12 Å². The van der Waals surface area contributed by atoms with Gasteiger partial charge in [-0.1, -0.05) is 6.08 Å². The van der Waals surface area contributed by atoms with Crippen molar-refractivity contribution in [2.24, 2.45) is 11.8 Å². The fourth-order valence-electron chi connectivity index (χ4n) is 2.18. The number of hydrogen-bond acceptors (Lipinski definition) is 2. The molecule has 2 bridgehead atoms. The minimum Gasteiger partial charge on any atom is -0.423 e. The van der Waals surface area contributed by atoms with Gasteiger partial charge in [-0.05, 0) is 36.6 Å². The molecule has 0 unspecified atom stereocenters. The Hall–Kier alpha value is -0.275. The zero-order valence-corrected chi connectivity index (χ0v) is 5.83. The molecule has 0 heterocycles. The Bertz CT molecular complexity index is 176. The van der Waals surface area contributed by atoms with Gasteiger partial charge in [0.15, 0.2) is 0 Å². The van der Waals surface area contributed by atoms with Gasteiger partial charge in [-0.2, -0.15) is 0 Å². The summed E-state index contributed by atoms with van der Waals surface area (Å²) < 4.78 is 0. The number of rotatable bonds is 1. The van der Waals surface area contributed by atoms with Gasteiger partial charge in [0.05, 0.1) is 0 Å². The molecular weight excluding hydrogens is 127 g/mol. The van der Waals surface area contributed by atoms with Crippen LogP contribution in [-0.2, 0) is 0 Å². The van der Waals surface area contributed by atoms with Crippen LogP contribution in [0.2, 0.25) is 0 Å². The van der Waals surface area contributed by atoms with Crippen LogP contribution in [0.3, 0.4) is 0 Å².